The Bertz CT molecular complexity index is 1090. The molecule has 2 aromatic heterocycles. The number of nitrogens with zero attached hydrogens (tertiary/aromatic N) is 3. The predicted octanol–water partition coefficient (Wildman–Crippen LogP) is 3.37. The van der Waals surface area contributed by atoms with Gasteiger partial charge in [0.1, 0.15) is 17.5 Å². The molecule has 2 aliphatic carbocycles. The number of hydrogen-bond acceptors (Lipinski definition) is 6. The first kappa shape index (κ1) is 15.9. The maximum Gasteiger partial charge on any atom is 0.214 e. The van der Waals surface area contributed by atoms with Crippen molar-refractivity contribution >= 4 is 17.3 Å². The lowest BCUT2D eigenvalue weighted by molar-refractivity contribution is 0.176. The van der Waals surface area contributed by atoms with Gasteiger partial charge in [-0.15, -0.1) is 0 Å². The number of hydrogen-bond donors (Lipinski definition) is 2. The van der Waals surface area contributed by atoms with Gasteiger partial charge in [0.15, 0.2) is 5.82 Å². The fourth-order valence-corrected chi connectivity index (χ4v) is 4.34. The molecule has 8 heteroatoms. The van der Waals surface area contributed by atoms with E-state index in [0.29, 0.717) is 34.7 Å². The molecule has 140 valence electrons. The first-order valence-electron chi connectivity index (χ1n) is 9.07. The van der Waals surface area contributed by atoms with E-state index in [0.717, 1.165) is 6.61 Å². The molecule has 1 aromatic carbocycles. The van der Waals surface area contributed by atoms with Gasteiger partial charge < -0.3 is 15.4 Å². The first-order chi connectivity index (χ1) is 13.6. The molecule has 2 saturated heterocycles. The highest BCUT2D eigenvalue weighted by atomic mass is 19.1. The highest BCUT2D eigenvalue weighted by Crippen LogP contribution is 2.78. The molecule has 4 fully saturated rings. The maximum absolute atomic E-state index is 14.3. The average molecular weight is 379 g/mol. The largest absolute Gasteiger partial charge is 0.375 e. The number of pyridine rings is 1. The molecule has 3 aromatic rings. The average Bonchev–Trinajstić information content (AvgIpc) is 3.30. The van der Waals surface area contributed by atoms with Gasteiger partial charge in [0.2, 0.25) is 5.95 Å². The third kappa shape index (κ3) is 2.24. The second kappa shape index (κ2) is 5.45. The van der Waals surface area contributed by atoms with E-state index >= 15 is 0 Å². The maximum atomic E-state index is 14.3. The van der Waals surface area contributed by atoms with Gasteiger partial charge in [-0.05, 0) is 18.2 Å². The molecule has 1 unspecified atom stereocenters. The zero-order chi connectivity index (χ0) is 18.9. The van der Waals surface area contributed by atoms with Crippen LogP contribution in [0.15, 0.2) is 48.7 Å². The first-order valence-corrected chi connectivity index (χ1v) is 9.07. The highest BCUT2D eigenvalue weighted by molar-refractivity contribution is 5.67. The van der Waals surface area contributed by atoms with Crippen LogP contribution >= 0.6 is 0 Å². The molecule has 4 heterocycles. The minimum atomic E-state index is -0.599. The van der Waals surface area contributed by atoms with Crippen LogP contribution in [0.3, 0.4) is 0 Å². The number of rotatable bonds is 5. The molecule has 4 atom stereocenters. The number of benzene rings is 1. The molecular weight excluding hydrogens is 364 g/mol. The Kier molecular flexibility index (Phi) is 3.09. The van der Waals surface area contributed by atoms with Crippen LogP contribution in [0.4, 0.5) is 26.1 Å². The fourth-order valence-electron chi connectivity index (χ4n) is 4.34. The molecule has 2 aliphatic heterocycles. The summed E-state index contributed by atoms with van der Waals surface area (Å²) in [5, 5.41) is 6.52. The van der Waals surface area contributed by atoms with Crippen molar-refractivity contribution in [1.82, 2.24) is 15.0 Å². The minimum absolute atomic E-state index is 0.0269. The summed E-state index contributed by atoms with van der Waals surface area (Å²) in [5.74, 6) is 1.34. The topological polar surface area (TPSA) is 72.0 Å². The van der Waals surface area contributed by atoms with Crippen LogP contribution in [0.2, 0.25) is 0 Å². The van der Waals surface area contributed by atoms with Gasteiger partial charge in [0, 0.05) is 35.9 Å². The standard InChI is InChI=1S/C20H15F2N5O/c21-13-4-2-1-3-11(13)19-25-15(24-10-5-6-23-14(22)7-10)8-16(26-19)27-20-12-9-28-18(20)17(12)20/h1-8,12,17-18H,9H2,(H2,23,24,25,26,27)/t12-,17-,18+,20?/m1/s1. The van der Waals surface area contributed by atoms with Crippen molar-refractivity contribution in [3.63, 3.8) is 0 Å². The van der Waals surface area contributed by atoms with Crippen molar-refractivity contribution in [2.45, 2.75) is 11.6 Å². The van der Waals surface area contributed by atoms with Crippen molar-refractivity contribution in [3.8, 4) is 11.4 Å². The van der Waals surface area contributed by atoms with Gasteiger partial charge in [-0.25, -0.2) is 19.3 Å². The third-order valence-corrected chi connectivity index (χ3v) is 5.82. The Morgan fingerprint density at radius 1 is 1.07 bits per heavy atom. The van der Waals surface area contributed by atoms with E-state index in [-0.39, 0.29) is 17.5 Å². The third-order valence-electron chi connectivity index (χ3n) is 5.82. The number of ether oxygens (including phenoxy) is 1. The summed E-state index contributed by atoms with van der Waals surface area (Å²) in [6, 6.07) is 11.0. The second-order valence-electron chi connectivity index (χ2n) is 7.38. The van der Waals surface area contributed by atoms with Crippen LogP contribution < -0.4 is 10.6 Å². The summed E-state index contributed by atoms with van der Waals surface area (Å²) in [6.07, 6.45) is 1.61. The van der Waals surface area contributed by atoms with Crippen LogP contribution in [-0.2, 0) is 4.74 Å². The predicted molar refractivity (Wildman–Crippen MR) is 98.0 cm³/mol. The summed E-state index contributed by atoms with van der Waals surface area (Å²) in [5.41, 5.74) is 0.768. The monoisotopic (exact) mass is 379 g/mol. The number of aromatic nitrogens is 3. The Labute approximate surface area is 159 Å². The van der Waals surface area contributed by atoms with Gasteiger partial charge in [-0.2, -0.15) is 4.39 Å². The number of halogens is 2. The normalized spacial score (nSPS) is 28.6. The summed E-state index contributed by atoms with van der Waals surface area (Å²) in [4.78, 5) is 12.5. The van der Waals surface area contributed by atoms with E-state index in [4.69, 9.17) is 4.74 Å². The quantitative estimate of drug-likeness (QED) is 0.663. The smallest absolute Gasteiger partial charge is 0.214 e. The van der Waals surface area contributed by atoms with E-state index in [1.54, 1.807) is 30.3 Å². The summed E-state index contributed by atoms with van der Waals surface area (Å²) in [6.45, 7) is 0.773. The van der Waals surface area contributed by atoms with Crippen molar-refractivity contribution in [3.05, 3.63) is 60.4 Å². The number of anilines is 3. The highest BCUT2D eigenvalue weighted by Gasteiger charge is 2.92. The van der Waals surface area contributed by atoms with E-state index in [1.165, 1.54) is 18.3 Å². The van der Waals surface area contributed by atoms with Gasteiger partial charge >= 0.3 is 0 Å². The van der Waals surface area contributed by atoms with E-state index in [9.17, 15) is 8.78 Å². The van der Waals surface area contributed by atoms with Crippen LogP contribution in [0.1, 0.15) is 0 Å². The molecule has 2 saturated carbocycles. The SMILES string of the molecule is Fc1cc(Nc2cc(NC34[C@@H]5[C@H]3CO[C@@H]54)nc(-c3ccccc3F)n2)ccn1. The summed E-state index contributed by atoms with van der Waals surface area (Å²) < 4.78 is 33.4. The van der Waals surface area contributed by atoms with Crippen LogP contribution in [0.25, 0.3) is 11.4 Å². The molecule has 4 aliphatic rings. The number of nitrogens with one attached hydrogen (secondary N) is 2. The van der Waals surface area contributed by atoms with Crippen molar-refractivity contribution < 1.29 is 13.5 Å². The van der Waals surface area contributed by atoms with E-state index < -0.39 is 11.8 Å². The summed E-state index contributed by atoms with van der Waals surface area (Å²) in [7, 11) is 0. The van der Waals surface area contributed by atoms with Crippen LogP contribution in [-0.4, -0.2) is 33.2 Å². The molecule has 7 rings (SSSR count). The lowest BCUT2D eigenvalue weighted by atomic mass is 10.2. The van der Waals surface area contributed by atoms with Gasteiger partial charge in [0.25, 0.3) is 0 Å². The lowest BCUT2D eigenvalue weighted by Gasteiger charge is -2.14. The van der Waals surface area contributed by atoms with Gasteiger partial charge in [-0.1, -0.05) is 12.1 Å². The zero-order valence-electron chi connectivity index (χ0n) is 14.6. The van der Waals surface area contributed by atoms with Crippen molar-refractivity contribution in [1.29, 1.82) is 0 Å². The molecule has 0 amide bonds. The molecule has 2 N–H and O–H groups in total. The Hall–Kier alpha value is -3.13. The second-order valence-corrected chi connectivity index (χ2v) is 7.38. The van der Waals surface area contributed by atoms with E-state index in [2.05, 4.69) is 25.6 Å². The zero-order valence-corrected chi connectivity index (χ0v) is 14.6. The van der Waals surface area contributed by atoms with Gasteiger partial charge in [-0.3, -0.25) is 0 Å². The summed E-state index contributed by atoms with van der Waals surface area (Å²) >= 11 is 0. The molecule has 2 bridgehead atoms. The Morgan fingerprint density at radius 2 is 1.93 bits per heavy atom. The molecule has 28 heavy (non-hydrogen) atoms. The Morgan fingerprint density at radius 3 is 2.68 bits per heavy atom. The van der Waals surface area contributed by atoms with E-state index in [1.807, 2.05) is 0 Å². The molecule has 0 spiro atoms. The Balaban J connectivity index is 1.38. The fraction of sp³-hybridized carbons (Fsp3) is 0.250. The van der Waals surface area contributed by atoms with Crippen molar-refractivity contribution in [2.75, 3.05) is 17.2 Å². The number of fused-ring (bicyclic) bond motifs is 1. The molecule has 6 nitrogen and oxygen atoms in total. The van der Waals surface area contributed by atoms with Crippen molar-refractivity contribution in [2.24, 2.45) is 11.8 Å². The van der Waals surface area contributed by atoms with Crippen LogP contribution in [0.5, 0.6) is 0 Å². The molecule has 0 radical (unpaired) electrons. The molecular formula is C20H15F2N5O. The lowest BCUT2D eigenvalue weighted by Crippen LogP contribution is -2.21. The minimum Gasteiger partial charge on any atom is -0.375 e. The van der Waals surface area contributed by atoms with Gasteiger partial charge in [0.05, 0.1) is 23.8 Å². The van der Waals surface area contributed by atoms with Crippen LogP contribution in [0, 0.1) is 23.6 Å².